The number of carbonyl (C=O) groups excluding carboxylic acids is 1. The Morgan fingerprint density at radius 2 is 1.88 bits per heavy atom. The number of pyridine rings is 1. The molecular formula is C20H27N3O3. The van der Waals surface area contributed by atoms with Crippen molar-refractivity contribution < 1.29 is 14.3 Å². The van der Waals surface area contributed by atoms with Gasteiger partial charge in [0, 0.05) is 13.1 Å². The summed E-state index contributed by atoms with van der Waals surface area (Å²) in [5.41, 5.74) is 2.47. The normalized spacial score (nSPS) is 10.3. The Morgan fingerprint density at radius 1 is 1.08 bits per heavy atom. The lowest BCUT2D eigenvalue weighted by molar-refractivity contribution is 0.0948. The van der Waals surface area contributed by atoms with Crippen molar-refractivity contribution in [2.75, 3.05) is 32.6 Å². The molecule has 0 bridgehead atoms. The van der Waals surface area contributed by atoms with Crippen LogP contribution in [0.3, 0.4) is 0 Å². The summed E-state index contributed by atoms with van der Waals surface area (Å²) in [4.78, 5) is 16.1. The Labute approximate surface area is 154 Å². The molecule has 0 radical (unpaired) electrons. The summed E-state index contributed by atoms with van der Waals surface area (Å²) in [6, 6.07) is 9.51. The Hall–Kier alpha value is -2.76. The predicted molar refractivity (Wildman–Crippen MR) is 103 cm³/mol. The number of anilines is 1. The van der Waals surface area contributed by atoms with Crippen LogP contribution in [0.4, 0.5) is 5.69 Å². The van der Waals surface area contributed by atoms with Gasteiger partial charge in [-0.15, -0.1) is 0 Å². The molecule has 0 unspecified atom stereocenters. The fraction of sp³-hybridized carbons (Fsp3) is 0.400. The van der Waals surface area contributed by atoms with Crippen molar-refractivity contribution in [1.29, 1.82) is 0 Å². The minimum Gasteiger partial charge on any atom is -0.493 e. The van der Waals surface area contributed by atoms with E-state index in [9.17, 15) is 4.79 Å². The monoisotopic (exact) mass is 357 g/mol. The lowest BCUT2D eigenvalue weighted by Crippen LogP contribution is -2.25. The van der Waals surface area contributed by atoms with Crippen molar-refractivity contribution in [1.82, 2.24) is 10.3 Å². The van der Waals surface area contributed by atoms with E-state index >= 15 is 0 Å². The summed E-state index contributed by atoms with van der Waals surface area (Å²) in [7, 11) is 3.26. The standard InChI is InChI=1S/C20H27N3O3/c1-4-5-11-22-20(24)17-8-7-16(14-23-17)21-12-10-15-6-9-18(25-2)19(13-15)26-3/h6-9,13-14,21H,4-5,10-12H2,1-3H3,(H,22,24). The minimum atomic E-state index is -0.129. The van der Waals surface area contributed by atoms with Crippen LogP contribution in [0.2, 0.25) is 0 Å². The fourth-order valence-electron chi connectivity index (χ4n) is 2.49. The maximum absolute atomic E-state index is 11.9. The Bertz CT molecular complexity index is 702. The zero-order valence-corrected chi connectivity index (χ0v) is 15.7. The van der Waals surface area contributed by atoms with Gasteiger partial charge in [0.25, 0.3) is 5.91 Å². The number of unbranched alkanes of at least 4 members (excludes halogenated alkanes) is 1. The first-order valence-electron chi connectivity index (χ1n) is 8.87. The van der Waals surface area contributed by atoms with Crippen molar-refractivity contribution in [2.24, 2.45) is 0 Å². The van der Waals surface area contributed by atoms with Crippen LogP contribution >= 0.6 is 0 Å². The average molecular weight is 357 g/mol. The molecular weight excluding hydrogens is 330 g/mol. The first-order valence-corrected chi connectivity index (χ1v) is 8.87. The molecule has 0 saturated carbocycles. The van der Waals surface area contributed by atoms with E-state index in [-0.39, 0.29) is 5.91 Å². The molecule has 2 N–H and O–H groups in total. The summed E-state index contributed by atoms with van der Waals surface area (Å²) in [5, 5.41) is 6.17. The summed E-state index contributed by atoms with van der Waals surface area (Å²) in [6.45, 7) is 3.52. The van der Waals surface area contributed by atoms with E-state index in [1.54, 1.807) is 26.5 Å². The van der Waals surface area contributed by atoms with Crippen LogP contribution in [0, 0.1) is 0 Å². The number of rotatable bonds is 10. The highest BCUT2D eigenvalue weighted by atomic mass is 16.5. The minimum absolute atomic E-state index is 0.129. The maximum Gasteiger partial charge on any atom is 0.269 e. The molecule has 0 saturated heterocycles. The second-order valence-electron chi connectivity index (χ2n) is 5.91. The topological polar surface area (TPSA) is 72.5 Å². The Kier molecular flexibility index (Phi) is 7.74. The first-order chi connectivity index (χ1) is 12.7. The molecule has 0 fully saturated rings. The maximum atomic E-state index is 11.9. The van der Waals surface area contributed by atoms with Crippen molar-refractivity contribution in [3.8, 4) is 11.5 Å². The van der Waals surface area contributed by atoms with Crippen molar-refractivity contribution in [3.63, 3.8) is 0 Å². The number of amides is 1. The first kappa shape index (κ1) is 19.6. The molecule has 6 nitrogen and oxygen atoms in total. The van der Waals surface area contributed by atoms with Gasteiger partial charge >= 0.3 is 0 Å². The lowest BCUT2D eigenvalue weighted by Gasteiger charge is -2.10. The van der Waals surface area contributed by atoms with Crippen LogP contribution in [0.25, 0.3) is 0 Å². The average Bonchev–Trinajstić information content (AvgIpc) is 2.68. The van der Waals surface area contributed by atoms with Gasteiger partial charge in [-0.25, -0.2) is 4.98 Å². The van der Waals surface area contributed by atoms with E-state index in [0.717, 1.165) is 48.6 Å². The molecule has 0 aliphatic carbocycles. The third-order valence-electron chi connectivity index (χ3n) is 4.00. The van der Waals surface area contributed by atoms with Gasteiger partial charge in [0.1, 0.15) is 5.69 Å². The molecule has 6 heteroatoms. The van der Waals surface area contributed by atoms with Gasteiger partial charge in [0.2, 0.25) is 0 Å². The number of nitrogens with zero attached hydrogens (tertiary/aromatic N) is 1. The van der Waals surface area contributed by atoms with Crippen LogP contribution in [0.5, 0.6) is 11.5 Å². The van der Waals surface area contributed by atoms with Crippen LogP contribution in [-0.2, 0) is 6.42 Å². The van der Waals surface area contributed by atoms with E-state index in [1.807, 2.05) is 24.3 Å². The van der Waals surface area contributed by atoms with Crippen LogP contribution in [0.1, 0.15) is 35.8 Å². The van der Waals surface area contributed by atoms with Gasteiger partial charge in [0.05, 0.1) is 26.1 Å². The molecule has 1 aromatic heterocycles. The highest BCUT2D eigenvalue weighted by Gasteiger charge is 2.07. The van der Waals surface area contributed by atoms with E-state index in [4.69, 9.17) is 9.47 Å². The number of hydrogen-bond acceptors (Lipinski definition) is 5. The van der Waals surface area contributed by atoms with Crippen LogP contribution in [0.15, 0.2) is 36.5 Å². The molecule has 1 amide bonds. The van der Waals surface area contributed by atoms with Crippen molar-refractivity contribution in [3.05, 3.63) is 47.8 Å². The number of methoxy groups -OCH3 is 2. The van der Waals surface area contributed by atoms with Gasteiger partial charge < -0.3 is 20.1 Å². The van der Waals surface area contributed by atoms with Crippen LogP contribution in [-0.4, -0.2) is 38.2 Å². The molecule has 0 spiro atoms. The summed E-state index contributed by atoms with van der Waals surface area (Å²) in [5.74, 6) is 1.32. The van der Waals surface area contributed by atoms with E-state index in [0.29, 0.717) is 12.2 Å². The van der Waals surface area contributed by atoms with Gasteiger partial charge in [-0.1, -0.05) is 19.4 Å². The SMILES string of the molecule is CCCCNC(=O)c1ccc(NCCc2ccc(OC)c(OC)c2)cn1. The second-order valence-corrected chi connectivity index (χ2v) is 5.91. The number of hydrogen-bond donors (Lipinski definition) is 2. The zero-order valence-electron chi connectivity index (χ0n) is 15.7. The Balaban J connectivity index is 1.83. The third-order valence-corrected chi connectivity index (χ3v) is 4.00. The molecule has 0 atom stereocenters. The largest absolute Gasteiger partial charge is 0.493 e. The zero-order chi connectivity index (χ0) is 18.8. The van der Waals surface area contributed by atoms with Crippen molar-refractivity contribution in [2.45, 2.75) is 26.2 Å². The number of ether oxygens (including phenoxy) is 2. The van der Waals surface area contributed by atoms with E-state index < -0.39 is 0 Å². The number of nitrogens with one attached hydrogen (secondary N) is 2. The lowest BCUT2D eigenvalue weighted by atomic mass is 10.1. The molecule has 0 aliphatic rings. The molecule has 140 valence electrons. The van der Waals surface area contributed by atoms with Crippen molar-refractivity contribution >= 4 is 11.6 Å². The molecule has 1 aromatic carbocycles. The summed E-state index contributed by atoms with van der Waals surface area (Å²) < 4.78 is 10.6. The van der Waals surface area contributed by atoms with E-state index in [2.05, 4.69) is 22.5 Å². The van der Waals surface area contributed by atoms with Crippen LogP contribution < -0.4 is 20.1 Å². The van der Waals surface area contributed by atoms with E-state index in [1.165, 1.54) is 0 Å². The van der Waals surface area contributed by atoms with Gasteiger partial charge in [-0.2, -0.15) is 0 Å². The third kappa shape index (κ3) is 5.65. The predicted octanol–water partition coefficient (Wildman–Crippen LogP) is 3.28. The number of aromatic nitrogens is 1. The fourth-order valence-corrected chi connectivity index (χ4v) is 2.49. The molecule has 26 heavy (non-hydrogen) atoms. The molecule has 0 aliphatic heterocycles. The highest BCUT2D eigenvalue weighted by Crippen LogP contribution is 2.27. The molecule has 1 heterocycles. The van der Waals surface area contributed by atoms with Gasteiger partial charge in [0.15, 0.2) is 11.5 Å². The molecule has 2 aromatic rings. The second kappa shape index (κ2) is 10.3. The molecule has 2 rings (SSSR count). The van der Waals surface area contributed by atoms with Gasteiger partial charge in [-0.3, -0.25) is 4.79 Å². The Morgan fingerprint density at radius 3 is 2.54 bits per heavy atom. The number of carbonyl (C=O) groups is 1. The summed E-state index contributed by atoms with van der Waals surface area (Å²) in [6.07, 6.45) is 4.54. The summed E-state index contributed by atoms with van der Waals surface area (Å²) >= 11 is 0. The number of benzene rings is 1. The highest BCUT2D eigenvalue weighted by molar-refractivity contribution is 5.92. The smallest absolute Gasteiger partial charge is 0.269 e. The van der Waals surface area contributed by atoms with Gasteiger partial charge in [-0.05, 0) is 42.7 Å². The quantitative estimate of drug-likeness (QED) is 0.639.